The van der Waals surface area contributed by atoms with Crippen LogP contribution in [0.25, 0.3) is 76.1 Å². The Hall–Kier alpha value is -5.29. The third-order valence-electron chi connectivity index (χ3n) is 10.3. The van der Waals surface area contributed by atoms with Crippen molar-refractivity contribution < 1.29 is 25.6 Å². The Morgan fingerprint density at radius 3 is 2.05 bits per heavy atom. The van der Waals surface area contributed by atoms with E-state index in [1.54, 1.807) is 23.6 Å². The Balaban J connectivity index is 0.000000192. The Labute approximate surface area is 367 Å². The van der Waals surface area contributed by atoms with Gasteiger partial charge in [-0.15, -0.1) is 53.1 Å². The second-order valence-corrected chi connectivity index (χ2v) is 21.6. The van der Waals surface area contributed by atoms with Gasteiger partial charge in [0, 0.05) is 42.7 Å². The maximum Gasteiger partial charge on any atom is 0.0795 e. The minimum atomic E-state index is -2.19. The molecule has 3 aromatic heterocycles. The number of thiophene rings is 1. The van der Waals surface area contributed by atoms with Crippen LogP contribution in [0.4, 0.5) is 0 Å². The van der Waals surface area contributed by atoms with Crippen molar-refractivity contribution in [3.63, 3.8) is 0 Å². The predicted octanol–water partition coefficient (Wildman–Crippen LogP) is 14.4. The number of benzene rings is 6. The van der Waals surface area contributed by atoms with Crippen LogP contribution in [0.3, 0.4) is 0 Å². The maximum atomic E-state index is 8.42. The molecule has 6 aromatic carbocycles. The number of rotatable bonds is 7. The van der Waals surface area contributed by atoms with Gasteiger partial charge in [-0.1, -0.05) is 160 Å². The fraction of sp³-hybridized carbons (Fsp3) is 0.132. The summed E-state index contributed by atoms with van der Waals surface area (Å²) in [5, 5.41) is 3.76. The van der Waals surface area contributed by atoms with Gasteiger partial charge in [0.25, 0.3) is 0 Å². The van der Waals surface area contributed by atoms with Crippen LogP contribution in [0.5, 0.6) is 0 Å². The monoisotopic (exact) mass is 967 g/mol. The molecule has 0 fully saturated rings. The molecule has 0 N–H and O–H groups in total. The van der Waals surface area contributed by atoms with Crippen LogP contribution in [0.2, 0.25) is 19.6 Å². The van der Waals surface area contributed by atoms with Crippen molar-refractivity contribution >= 4 is 44.8 Å². The van der Waals surface area contributed by atoms with Crippen molar-refractivity contribution in [2.45, 2.75) is 46.2 Å². The van der Waals surface area contributed by atoms with Crippen LogP contribution in [0.1, 0.15) is 36.4 Å². The molecule has 2 nitrogen and oxygen atoms in total. The number of hydrogen-bond acceptors (Lipinski definition) is 3. The van der Waals surface area contributed by atoms with Crippen LogP contribution in [0.15, 0.2) is 164 Å². The molecule has 0 spiro atoms. The maximum absolute atomic E-state index is 8.42. The van der Waals surface area contributed by atoms with E-state index in [0.717, 1.165) is 33.6 Å². The van der Waals surface area contributed by atoms with Crippen molar-refractivity contribution in [2.24, 2.45) is 0 Å². The molecule has 0 atom stereocenters. The molecule has 0 aliphatic rings. The number of aromatic nitrogens is 2. The first kappa shape index (κ1) is 35.8. The Kier molecular flexibility index (Phi) is 10.9. The third kappa shape index (κ3) is 8.89. The van der Waals surface area contributed by atoms with E-state index in [1.807, 2.05) is 86.8 Å². The SMILES string of the molecule is [2H]C(C)(C)c1ccnc(-c2[c-]ccc3c2sc2ccc(-c4cccc(-c5ccccc5)c4)cc23)c1.[2H]C([2H])([2H])c1c[c-]c(-c2ccc([Si](C)(C)C)cn2)cc1-c1ccccc1.[Ir]. The number of fused-ring (bicyclic) bond motifs is 3. The van der Waals surface area contributed by atoms with Gasteiger partial charge in [-0.25, -0.2) is 0 Å². The van der Waals surface area contributed by atoms with Crippen molar-refractivity contribution in [3.8, 4) is 55.9 Å². The Bertz CT molecular complexity index is 2970. The van der Waals surface area contributed by atoms with Gasteiger partial charge in [-0.2, -0.15) is 11.3 Å². The molecule has 3 heterocycles. The van der Waals surface area contributed by atoms with Gasteiger partial charge in [-0.3, -0.25) is 0 Å². The predicted molar refractivity (Wildman–Crippen MR) is 248 cm³/mol. The third-order valence-corrected chi connectivity index (χ3v) is 13.5. The molecule has 5 heteroatoms. The smallest absolute Gasteiger partial charge is 0.0795 e. The van der Waals surface area contributed by atoms with E-state index in [1.165, 1.54) is 47.6 Å². The Morgan fingerprint density at radius 2 is 1.36 bits per heavy atom. The zero-order valence-corrected chi connectivity index (χ0v) is 37.4. The summed E-state index contributed by atoms with van der Waals surface area (Å²) in [5.74, 6) is -0.672. The first-order valence-corrected chi connectivity index (χ1v) is 23.5. The Morgan fingerprint density at radius 1 is 0.655 bits per heavy atom. The number of hydrogen-bond donors (Lipinski definition) is 0. The fourth-order valence-electron chi connectivity index (χ4n) is 6.99. The van der Waals surface area contributed by atoms with E-state index in [4.69, 9.17) is 5.48 Å². The average molecular weight is 967 g/mol. The zero-order chi connectivity index (χ0) is 42.9. The van der Waals surface area contributed by atoms with Crippen molar-refractivity contribution in [1.29, 1.82) is 0 Å². The van der Waals surface area contributed by atoms with Gasteiger partial charge < -0.3 is 9.97 Å². The minimum absolute atomic E-state index is 0. The summed E-state index contributed by atoms with van der Waals surface area (Å²) in [7, 11) is -1.40. The summed E-state index contributed by atoms with van der Waals surface area (Å²) in [6.07, 6.45) is 3.74. The topological polar surface area (TPSA) is 25.8 Å². The second-order valence-electron chi connectivity index (χ2n) is 15.5. The largest absolute Gasteiger partial charge is 0.305 e. The molecule has 0 bridgehead atoms. The molecule has 0 saturated heterocycles. The van der Waals surface area contributed by atoms with Gasteiger partial charge >= 0.3 is 0 Å². The summed E-state index contributed by atoms with van der Waals surface area (Å²) < 4.78 is 34.4. The van der Waals surface area contributed by atoms with Crippen molar-refractivity contribution in [3.05, 3.63) is 187 Å². The molecule has 9 aromatic rings. The average Bonchev–Trinajstić information content (AvgIpc) is 3.65. The summed E-state index contributed by atoms with van der Waals surface area (Å²) >= 11 is 1.78. The van der Waals surface area contributed by atoms with Crippen molar-refractivity contribution in [1.82, 2.24) is 9.97 Å². The first-order chi connectivity index (χ1) is 29.1. The zero-order valence-electron chi connectivity index (χ0n) is 37.2. The van der Waals surface area contributed by atoms with Gasteiger partial charge in [0.2, 0.25) is 0 Å². The molecule has 0 amide bonds. The number of aryl methyl sites for hydroxylation is 1. The molecule has 0 aliphatic carbocycles. The summed E-state index contributed by atoms with van der Waals surface area (Å²) in [6, 6.07) is 57.8. The van der Waals surface area contributed by atoms with Crippen molar-refractivity contribution in [2.75, 3.05) is 0 Å². The van der Waals surface area contributed by atoms with Gasteiger partial charge in [0.15, 0.2) is 0 Å². The van der Waals surface area contributed by atoms with Gasteiger partial charge in [0.05, 0.1) is 8.07 Å². The van der Waals surface area contributed by atoms with E-state index in [2.05, 4.69) is 121 Å². The molecular weight excluding hydrogens is 917 g/mol. The van der Waals surface area contributed by atoms with Crippen LogP contribution < -0.4 is 5.19 Å². The van der Waals surface area contributed by atoms with E-state index in [-0.39, 0.29) is 20.1 Å². The molecule has 289 valence electrons. The molecule has 1 radical (unpaired) electrons. The van der Waals surface area contributed by atoms with E-state index in [9.17, 15) is 0 Å². The van der Waals surface area contributed by atoms with E-state index < -0.39 is 20.8 Å². The quantitative estimate of drug-likeness (QED) is 0.117. The van der Waals surface area contributed by atoms with Crippen LogP contribution in [-0.2, 0) is 20.1 Å². The normalized spacial score (nSPS) is 12.7. The van der Waals surface area contributed by atoms with E-state index >= 15 is 0 Å². The molecule has 58 heavy (non-hydrogen) atoms. The van der Waals surface area contributed by atoms with Crippen LogP contribution >= 0.6 is 11.3 Å². The van der Waals surface area contributed by atoms with Crippen LogP contribution in [0, 0.1) is 19.0 Å². The molecule has 0 saturated carbocycles. The second kappa shape index (κ2) is 17.7. The summed E-state index contributed by atoms with van der Waals surface area (Å²) in [4.78, 5) is 9.24. The standard InChI is InChI=1S/C32H24NS.C21H22NSi.Ir/c1-21(2)23-16-17-33-30(20-23)28-13-7-12-27-29-19-26(14-15-31(29)34-32(27)28)25-11-6-10-24(18-25)22-8-4-3-5-9-22;1-16-10-11-18(14-20(16)17-8-6-5-7-9-17)21-13-12-19(15-22-21)23(2,3)4;/h3-12,14-21H,1-2H3;5-10,12-15H,1-4H3;/q2*-1;/i21D;1D3;. The molecule has 0 unspecified atom stereocenters. The molecule has 0 aliphatic heterocycles. The molecular formula is C53H46IrN2SSi-2. The minimum Gasteiger partial charge on any atom is -0.305 e. The van der Waals surface area contributed by atoms with E-state index in [0.29, 0.717) is 11.1 Å². The van der Waals surface area contributed by atoms with Gasteiger partial charge in [-0.05, 0) is 84.6 Å². The fourth-order valence-corrected chi connectivity index (χ4v) is 9.21. The first-order valence-electron chi connectivity index (χ1n) is 21.2. The van der Waals surface area contributed by atoms with Crippen LogP contribution in [-0.4, -0.2) is 18.0 Å². The van der Waals surface area contributed by atoms with Gasteiger partial charge in [0.1, 0.15) is 0 Å². The number of pyridine rings is 2. The number of nitrogens with zero attached hydrogens (tertiary/aromatic N) is 2. The summed E-state index contributed by atoms with van der Waals surface area (Å²) in [5.41, 5.74) is 11.2. The summed E-state index contributed by atoms with van der Waals surface area (Å²) in [6.45, 7) is 8.49. The molecule has 9 rings (SSSR count).